The monoisotopic (exact) mass is 256 g/mol. The summed E-state index contributed by atoms with van der Waals surface area (Å²) in [5, 5.41) is 0. The predicted octanol–water partition coefficient (Wildman–Crippen LogP) is 2.07. The fourth-order valence-corrected chi connectivity index (χ4v) is 0.775. The highest BCUT2D eigenvalue weighted by Crippen LogP contribution is 2.15. The molecule has 0 aliphatic carbocycles. The van der Waals surface area contributed by atoms with E-state index < -0.39 is 36.7 Å². The second-order valence-corrected chi connectivity index (χ2v) is 3.61. The highest BCUT2D eigenvalue weighted by Gasteiger charge is 2.31. The number of halogens is 3. The summed E-state index contributed by atoms with van der Waals surface area (Å²) >= 11 is 0. The summed E-state index contributed by atoms with van der Waals surface area (Å²) in [7, 11) is 0. The number of esters is 2. The molecule has 0 saturated heterocycles. The smallest absolute Gasteiger partial charge is 0.422 e. The van der Waals surface area contributed by atoms with Gasteiger partial charge in [0, 0.05) is 0 Å². The first kappa shape index (κ1) is 15.7. The number of carbonyl (C=O) groups is 2. The molecule has 0 heterocycles. The third kappa shape index (κ3) is 6.80. The minimum Gasteiger partial charge on any atom is -0.453 e. The van der Waals surface area contributed by atoms with Crippen molar-refractivity contribution in [3.8, 4) is 0 Å². The molecule has 7 heteroatoms. The van der Waals surface area contributed by atoms with Gasteiger partial charge in [-0.1, -0.05) is 13.8 Å². The van der Waals surface area contributed by atoms with Gasteiger partial charge in [0.25, 0.3) is 0 Å². The van der Waals surface area contributed by atoms with Crippen molar-refractivity contribution in [2.45, 2.75) is 39.5 Å². The zero-order valence-corrected chi connectivity index (χ0v) is 9.84. The van der Waals surface area contributed by atoms with Crippen LogP contribution in [0.4, 0.5) is 13.2 Å². The molecule has 0 aromatic rings. The van der Waals surface area contributed by atoms with Gasteiger partial charge in [-0.15, -0.1) is 0 Å². The Hall–Kier alpha value is -1.27. The molecule has 4 nitrogen and oxygen atoms in total. The van der Waals surface area contributed by atoms with Crippen LogP contribution in [0.25, 0.3) is 0 Å². The lowest BCUT2D eigenvalue weighted by atomic mass is 10.1. The Morgan fingerprint density at radius 2 is 1.71 bits per heavy atom. The maximum absolute atomic E-state index is 11.7. The van der Waals surface area contributed by atoms with Crippen LogP contribution in [0.15, 0.2) is 0 Å². The maximum atomic E-state index is 11.7. The molecule has 0 aliphatic heterocycles. The Morgan fingerprint density at radius 3 is 2.12 bits per heavy atom. The van der Waals surface area contributed by atoms with Crippen molar-refractivity contribution < 1.29 is 32.2 Å². The quantitative estimate of drug-likeness (QED) is 0.706. The van der Waals surface area contributed by atoms with Gasteiger partial charge in [0.05, 0.1) is 5.92 Å². The number of rotatable bonds is 5. The molecule has 2 atom stereocenters. The summed E-state index contributed by atoms with van der Waals surface area (Å²) in [6, 6.07) is 0. The second-order valence-electron chi connectivity index (χ2n) is 3.61. The van der Waals surface area contributed by atoms with Gasteiger partial charge in [0.1, 0.15) is 0 Å². The molecule has 0 aliphatic rings. The van der Waals surface area contributed by atoms with Gasteiger partial charge in [-0.2, -0.15) is 13.2 Å². The Bertz CT molecular complexity index is 275. The molecule has 0 spiro atoms. The second kappa shape index (κ2) is 6.46. The summed E-state index contributed by atoms with van der Waals surface area (Å²) in [5.74, 6) is -2.25. The van der Waals surface area contributed by atoms with Crippen LogP contribution in [0.1, 0.15) is 27.2 Å². The first-order valence-electron chi connectivity index (χ1n) is 5.11. The third-order valence-corrected chi connectivity index (χ3v) is 2.02. The van der Waals surface area contributed by atoms with Gasteiger partial charge < -0.3 is 9.47 Å². The number of hydrogen-bond acceptors (Lipinski definition) is 4. The van der Waals surface area contributed by atoms with Crippen molar-refractivity contribution in [1.82, 2.24) is 0 Å². The average Bonchev–Trinajstić information content (AvgIpc) is 2.23. The van der Waals surface area contributed by atoms with Crippen LogP contribution in [-0.2, 0) is 19.1 Å². The molecule has 0 N–H and O–H groups in total. The third-order valence-electron chi connectivity index (χ3n) is 2.02. The van der Waals surface area contributed by atoms with Gasteiger partial charge >= 0.3 is 18.1 Å². The molecule has 0 amide bonds. The molecule has 0 fully saturated rings. The molecule has 0 aromatic heterocycles. The van der Waals surface area contributed by atoms with E-state index in [-0.39, 0.29) is 0 Å². The molecule has 2 unspecified atom stereocenters. The highest BCUT2D eigenvalue weighted by atomic mass is 19.4. The van der Waals surface area contributed by atoms with E-state index in [0.717, 1.165) is 0 Å². The summed E-state index contributed by atoms with van der Waals surface area (Å²) in [6.07, 6.45) is -5.40. The van der Waals surface area contributed by atoms with Crippen LogP contribution >= 0.6 is 0 Å². The maximum Gasteiger partial charge on any atom is 0.422 e. The van der Waals surface area contributed by atoms with E-state index >= 15 is 0 Å². The lowest BCUT2D eigenvalue weighted by Gasteiger charge is -2.15. The predicted molar refractivity (Wildman–Crippen MR) is 52.0 cm³/mol. The van der Waals surface area contributed by atoms with Gasteiger partial charge in [-0.3, -0.25) is 4.79 Å². The van der Waals surface area contributed by atoms with Crippen molar-refractivity contribution in [3.05, 3.63) is 0 Å². The van der Waals surface area contributed by atoms with E-state index in [4.69, 9.17) is 0 Å². The molecule has 100 valence electrons. The van der Waals surface area contributed by atoms with Crippen molar-refractivity contribution in [3.63, 3.8) is 0 Å². The fraction of sp³-hybridized carbons (Fsp3) is 0.800. The molecular formula is C10H15F3O4. The number of alkyl halides is 3. The first-order chi connectivity index (χ1) is 7.67. The van der Waals surface area contributed by atoms with E-state index in [1.165, 1.54) is 6.92 Å². The Kier molecular flexibility index (Phi) is 5.98. The van der Waals surface area contributed by atoms with E-state index in [9.17, 15) is 22.8 Å². The van der Waals surface area contributed by atoms with Gasteiger partial charge in [0.15, 0.2) is 12.7 Å². The number of carbonyl (C=O) groups excluding carboxylic acids is 2. The van der Waals surface area contributed by atoms with E-state index in [1.807, 2.05) is 0 Å². The van der Waals surface area contributed by atoms with E-state index in [0.29, 0.717) is 6.42 Å². The van der Waals surface area contributed by atoms with Crippen molar-refractivity contribution in [1.29, 1.82) is 0 Å². The van der Waals surface area contributed by atoms with Crippen LogP contribution in [-0.4, -0.2) is 30.8 Å². The Labute approximate surface area is 97.1 Å². The molecule has 17 heavy (non-hydrogen) atoms. The van der Waals surface area contributed by atoms with E-state index in [1.54, 1.807) is 13.8 Å². The van der Waals surface area contributed by atoms with Gasteiger partial charge in [-0.25, -0.2) is 4.79 Å². The molecule has 0 aromatic carbocycles. The normalized spacial score (nSPS) is 14.9. The minimum atomic E-state index is -4.59. The largest absolute Gasteiger partial charge is 0.453 e. The number of ether oxygens (including phenoxy) is 2. The zero-order chi connectivity index (χ0) is 13.6. The molecule has 0 rings (SSSR count). The molecule has 0 radical (unpaired) electrons. The average molecular weight is 256 g/mol. The van der Waals surface area contributed by atoms with Crippen LogP contribution in [0, 0.1) is 5.92 Å². The van der Waals surface area contributed by atoms with E-state index in [2.05, 4.69) is 9.47 Å². The summed E-state index contributed by atoms with van der Waals surface area (Å²) < 4.78 is 43.8. The lowest BCUT2D eigenvalue weighted by Crippen LogP contribution is -2.31. The van der Waals surface area contributed by atoms with Crippen LogP contribution in [0.5, 0.6) is 0 Å². The highest BCUT2D eigenvalue weighted by molar-refractivity contribution is 5.79. The van der Waals surface area contributed by atoms with Crippen molar-refractivity contribution >= 4 is 11.9 Å². The van der Waals surface area contributed by atoms with Gasteiger partial charge in [-0.05, 0) is 13.3 Å². The number of hydrogen-bond donors (Lipinski definition) is 0. The minimum absolute atomic E-state index is 0.409. The SMILES string of the molecule is CCC(C)C(=O)OC(C)C(=O)OCC(F)(F)F. The topological polar surface area (TPSA) is 52.6 Å². The lowest BCUT2D eigenvalue weighted by molar-refractivity contribution is -0.194. The van der Waals surface area contributed by atoms with Crippen molar-refractivity contribution in [2.75, 3.05) is 6.61 Å². The zero-order valence-electron chi connectivity index (χ0n) is 9.84. The summed E-state index contributed by atoms with van der Waals surface area (Å²) in [4.78, 5) is 22.3. The standard InChI is InChI=1S/C10H15F3O4/c1-4-6(2)8(14)17-7(3)9(15)16-5-10(11,12)13/h6-7H,4-5H2,1-3H3. The van der Waals surface area contributed by atoms with Crippen LogP contribution in [0.2, 0.25) is 0 Å². The fourth-order valence-electron chi connectivity index (χ4n) is 0.775. The first-order valence-corrected chi connectivity index (χ1v) is 5.11. The summed E-state index contributed by atoms with van der Waals surface area (Å²) in [5.41, 5.74) is 0. The van der Waals surface area contributed by atoms with Crippen LogP contribution in [0.3, 0.4) is 0 Å². The van der Waals surface area contributed by atoms with Crippen molar-refractivity contribution in [2.24, 2.45) is 5.92 Å². The molecule has 0 bridgehead atoms. The van der Waals surface area contributed by atoms with Gasteiger partial charge in [0.2, 0.25) is 0 Å². The molecular weight excluding hydrogens is 241 g/mol. The Balaban J connectivity index is 4.10. The molecule has 0 saturated carbocycles. The summed E-state index contributed by atoms with van der Waals surface area (Å²) in [6.45, 7) is 2.82. The van der Waals surface area contributed by atoms with Crippen LogP contribution < -0.4 is 0 Å². The Morgan fingerprint density at radius 1 is 1.18 bits per heavy atom.